The van der Waals surface area contributed by atoms with E-state index in [1.54, 1.807) is 21.9 Å². The molecule has 2 aromatic carbocycles. The number of carbonyl (C=O) groups is 2. The van der Waals surface area contributed by atoms with Crippen LogP contribution in [0.15, 0.2) is 46.9 Å². The van der Waals surface area contributed by atoms with E-state index in [2.05, 4.69) is 15.9 Å². The fourth-order valence-electron chi connectivity index (χ4n) is 2.96. The molecular formula is C19H17BrClFN2O2. The second-order valence-electron chi connectivity index (χ2n) is 6.04. The van der Waals surface area contributed by atoms with Crippen LogP contribution in [0.2, 0.25) is 5.02 Å². The van der Waals surface area contributed by atoms with E-state index < -0.39 is 11.7 Å². The van der Waals surface area contributed by atoms with E-state index >= 15 is 0 Å². The second-order valence-corrected chi connectivity index (χ2v) is 7.36. The maximum atomic E-state index is 14.0. The molecule has 0 saturated carbocycles. The number of amides is 2. The van der Waals surface area contributed by atoms with Gasteiger partial charge in [0.2, 0.25) is 0 Å². The lowest BCUT2D eigenvalue weighted by atomic mass is 10.1. The van der Waals surface area contributed by atoms with Crippen molar-refractivity contribution >= 4 is 39.3 Å². The Labute approximate surface area is 164 Å². The molecule has 1 saturated heterocycles. The average Bonchev–Trinajstić information content (AvgIpc) is 2.87. The van der Waals surface area contributed by atoms with Gasteiger partial charge in [0.05, 0.1) is 10.6 Å². The summed E-state index contributed by atoms with van der Waals surface area (Å²) in [6.07, 6.45) is 0.625. The molecule has 2 aromatic rings. The molecule has 26 heavy (non-hydrogen) atoms. The molecule has 0 spiro atoms. The van der Waals surface area contributed by atoms with Gasteiger partial charge in [-0.1, -0.05) is 33.6 Å². The van der Waals surface area contributed by atoms with Crippen LogP contribution in [-0.4, -0.2) is 47.8 Å². The molecule has 3 rings (SSSR count). The van der Waals surface area contributed by atoms with E-state index in [1.165, 1.54) is 18.2 Å². The van der Waals surface area contributed by atoms with Gasteiger partial charge >= 0.3 is 0 Å². The number of rotatable bonds is 2. The quantitative estimate of drug-likeness (QED) is 0.703. The van der Waals surface area contributed by atoms with Crippen molar-refractivity contribution in [2.45, 2.75) is 6.42 Å². The SMILES string of the molecule is O=C(c1ccc(Br)cc1)N1CCCN(C(=O)c2c(F)cccc2Cl)CC1. The first-order chi connectivity index (χ1) is 12.5. The van der Waals surface area contributed by atoms with Crippen LogP contribution < -0.4 is 0 Å². The Morgan fingerprint density at radius 3 is 2.15 bits per heavy atom. The number of carbonyl (C=O) groups excluding carboxylic acids is 2. The minimum absolute atomic E-state index is 0.0734. The van der Waals surface area contributed by atoms with Crippen molar-refractivity contribution in [3.05, 3.63) is 68.9 Å². The van der Waals surface area contributed by atoms with Crippen molar-refractivity contribution in [2.75, 3.05) is 26.2 Å². The van der Waals surface area contributed by atoms with Crippen LogP contribution in [0.5, 0.6) is 0 Å². The van der Waals surface area contributed by atoms with Crippen LogP contribution in [0.25, 0.3) is 0 Å². The minimum atomic E-state index is -0.630. The van der Waals surface area contributed by atoms with Crippen molar-refractivity contribution < 1.29 is 14.0 Å². The Morgan fingerprint density at radius 2 is 1.54 bits per heavy atom. The third-order valence-corrected chi connectivity index (χ3v) is 5.18. The Hall–Kier alpha value is -1.92. The highest BCUT2D eigenvalue weighted by Crippen LogP contribution is 2.22. The summed E-state index contributed by atoms with van der Waals surface area (Å²) in [5.41, 5.74) is 0.493. The lowest BCUT2D eigenvalue weighted by Crippen LogP contribution is -2.37. The average molecular weight is 440 g/mol. The van der Waals surface area contributed by atoms with Crippen LogP contribution in [0.3, 0.4) is 0 Å². The molecule has 1 aliphatic rings. The number of hydrogen-bond donors (Lipinski definition) is 0. The number of hydrogen-bond acceptors (Lipinski definition) is 2. The Balaban J connectivity index is 1.71. The summed E-state index contributed by atoms with van der Waals surface area (Å²) >= 11 is 9.35. The Bertz CT molecular complexity index is 809. The molecule has 7 heteroatoms. The largest absolute Gasteiger partial charge is 0.337 e. The third kappa shape index (κ3) is 4.07. The fraction of sp³-hybridized carbons (Fsp3) is 0.263. The lowest BCUT2D eigenvalue weighted by molar-refractivity contribution is 0.0716. The highest BCUT2D eigenvalue weighted by atomic mass is 79.9. The maximum absolute atomic E-state index is 14.0. The minimum Gasteiger partial charge on any atom is -0.337 e. The van der Waals surface area contributed by atoms with E-state index in [4.69, 9.17) is 11.6 Å². The molecule has 0 bridgehead atoms. The van der Waals surface area contributed by atoms with Crippen molar-refractivity contribution in [1.82, 2.24) is 9.80 Å². The zero-order chi connectivity index (χ0) is 18.7. The Kier molecular flexibility index (Phi) is 5.94. The van der Waals surface area contributed by atoms with Crippen LogP contribution in [0, 0.1) is 5.82 Å². The van der Waals surface area contributed by atoms with Gasteiger partial charge in [0, 0.05) is 36.2 Å². The van der Waals surface area contributed by atoms with E-state index in [1.807, 2.05) is 12.1 Å². The first-order valence-electron chi connectivity index (χ1n) is 8.25. The normalized spacial score (nSPS) is 14.9. The molecule has 1 heterocycles. The molecule has 2 amide bonds. The van der Waals surface area contributed by atoms with Crippen LogP contribution in [0.1, 0.15) is 27.1 Å². The summed E-state index contributed by atoms with van der Waals surface area (Å²) in [7, 11) is 0. The molecule has 0 aromatic heterocycles. The second kappa shape index (κ2) is 8.18. The molecule has 0 aliphatic carbocycles. The van der Waals surface area contributed by atoms with Gasteiger partial charge < -0.3 is 9.80 Å². The van der Waals surface area contributed by atoms with Crippen LogP contribution in [0.4, 0.5) is 4.39 Å². The molecule has 0 N–H and O–H groups in total. The molecule has 0 unspecified atom stereocenters. The van der Waals surface area contributed by atoms with Crippen LogP contribution >= 0.6 is 27.5 Å². The van der Waals surface area contributed by atoms with E-state index in [9.17, 15) is 14.0 Å². The van der Waals surface area contributed by atoms with E-state index in [0.717, 1.165) is 4.47 Å². The van der Waals surface area contributed by atoms with Gasteiger partial charge in [-0.05, 0) is 42.8 Å². The maximum Gasteiger partial charge on any atom is 0.258 e. The summed E-state index contributed by atoms with van der Waals surface area (Å²) < 4.78 is 14.9. The molecular weight excluding hydrogens is 423 g/mol. The van der Waals surface area contributed by atoms with Gasteiger partial charge in [-0.2, -0.15) is 0 Å². The highest BCUT2D eigenvalue weighted by molar-refractivity contribution is 9.10. The topological polar surface area (TPSA) is 40.6 Å². The van der Waals surface area contributed by atoms with Gasteiger partial charge in [0.25, 0.3) is 11.8 Å². The van der Waals surface area contributed by atoms with E-state index in [-0.39, 0.29) is 16.5 Å². The third-order valence-electron chi connectivity index (χ3n) is 4.34. The first-order valence-corrected chi connectivity index (χ1v) is 9.42. The molecule has 0 radical (unpaired) electrons. The fourth-order valence-corrected chi connectivity index (χ4v) is 3.47. The van der Waals surface area contributed by atoms with Crippen molar-refractivity contribution in [2.24, 2.45) is 0 Å². The molecule has 1 aliphatic heterocycles. The van der Waals surface area contributed by atoms with Crippen molar-refractivity contribution in [1.29, 1.82) is 0 Å². The van der Waals surface area contributed by atoms with E-state index in [0.29, 0.717) is 38.2 Å². The standard InChI is InChI=1S/C19H17BrClFN2O2/c20-14-7-5-13(6-8-14)18(25)23-9-2-10-24(12-11-23)19(26)17-15(21)3-1-4-16(17)22/h1,3-8H,2,9-12H2. The van der Waals surface area contributed by atoms with Gasteiger partial charge in [-0.25, -0.2) is 4.39 Å². The number of benzene rings is 2. The lowest BCUT2D eigenvalue weighted by Gasteiger charge is -2.23. The molecule has 136 valence electrons. The molecule has 1 fully saturated rings. The van der Waals surface area contributed by atoms with Crippen molar-refractivity contribution in [3.8, 4) is 0 Å². The summed E-state index contributed by atoms with van der Waals surface area (Å²) in [6.45, 7) is 1.73. The molecule has 4 nitrogen and oxygen atoms in total. The van der Waals surface area contributed by atoms with Crippen LogP contribution in [-0.2, 0) is 0 Å². The molecule has 0 atom stereocenters. The van der Waals surface area contributed by atoms with Gasteiger partial charge in [-0.3, -0.25) is 9.59 Å². The predicted molar refractivity (Wildman–Crippen MR) is 102 cm³/mol. The van der Waals surface area contributed by atoms with Crippen molar-refractivity contribution in [3.63, 3.8) is 0 Å². The summed E-state index contributed by atoms with van der Waals surface area (Å²) in [4.78, 5) is 28.6. The first kappa shape index (κ1) is 18.9. The Morgan fingerprint density at radius 1 is 0.923 bits per heavy atom. The summed E-state index contributed by atoms with van der Waals surface area (Å²) in [5.74, 6) is -1.14. The van der Waals surface area contributed by atoms with Gasteiger partial charge in [0.1, 0.15) is 5.82 Å². The van der Waals surface area contributed by atoms with Gasteiger partial charge in [-0.15, -0.1) is 0 Å². The van der Waals surface area contributed by atoms with Gasteiger partial charge in [0.15, 0.2) is 0 Å². The predicted octanol–water partition coefficient (Wildman–Crippen LogP) is 4.23. The number of halogens is 3. The smallest absolute Gasteiger partial charge is 0.258 e. The zero-order valence-electron chi connectivity index (χ0n) is 13.9. The summed E-state index contributed by atoms with van der Waals surface area (Å²) in [6, 6.07) is 11.4. The summed E-state index contributed by atoms with van der Waals surface area (Å²) in [5, 5.41) is 0.0991. The highest BCUT2D eigenvalue weighted by Gasteiger charge is 2.26. The number of nitrogens with zero attached hydrogens (tertiary/aromatic N) is 2. The zero-order valence-corrected chi connectivity index (χ0v) is 16.3. The monoisotopic (exact) mass is 438 g/mol.